The molecule has 3 nitrogen and oxygen atoms in total. The molecule has 0 aliphatic heterocycles. The van der Waals surface area contributed by atoms with Gasteiger partial charge in [-0.25, -0.2) is 0 Å². The van der Waals surface area contributed by atoms with Crippen molar-refractivity contribution in [3.05, 3.63) is 35.4 Å². The lowest BCUT2D eigenvalue weighted by Gasteiger charge is -2.11. The van der Waals surface area contributed by atoms with Crippen molar-refractivity contribution < 1.29 is 14.6 Å². The van der Waals surface area contributed by atoms with E-state index in [4.69, 9.17) is 9.84 Å². The van der Waals surface area contributed by atoms with Crippen molar-refractivity contribution in [2.24, 2.45) is 0 Å². The normalized spacial score (nSPS) is 12.4. The van der Waals surface area contributed by atoms with Crippen LogP contribution in [0.3, 0.4) is 0 Å². The lowest BCUT2D eigenvalue weighted by Crippen LogP contribution is -2.07. The van der Waals surface area contributed by atoms with E-state index >= 15 is 0 Å². The second-order valence-corrected chi connectivity index (χ2v) is 4.30. The molecular weight excluding hydrogens is 216 g/mol. The van der Waals surface area contributed by atoms with Gasteiger partial charge in [0.2, 0.25) is 0 Å². The Morgan fingerprint density at radius 1 is 1.29 bits per heavy atom. The summed E-state index contributed by atoms with van der Waals surface area (Å²) in [6, 6.07) is 7.54. The molecule has 17 heavy (non-hydrogen) atoms. The van der Waals surface area contributed by atoms with Crippen molar-refractivity contribution in [2.75, 3.05) is 0 Å². The fourth-order valence-electron chi connectivity index (χ4n) is 1.66. The number of carboxylic acid groups (broad SMARTS) is 1. The van der Waals surface area contributed by atoms with Crippen molar-refractivity contribution in [1.29, 1.82) is 0 Å². The van der Waals surface area contributed by atoms with Gasteiger partial charge in [0.05, 0.1) is 19.1 Å². The van der Waals surface area contributed by atoms with Crippen LogP contribution in [-0.2, 0) is 22.6 Å². The standard InChI is InChI=1S/C14H20O3/c1-3-4-11(2)17-10-13-7-5-12(6-8-13)9-14(15)16/h5-8,11H,3-4,9-10H2,1-2H3,(H,15,16). The third-order valence-electron chi connectivity index (χ3n) is 2.61. The summed E-state index contributed by atoms with van der Waals surface area (Å²) in [5.41, 5.74) is 1.91. The van der Waals surface area contributed by atoms with Crippen LogP contribution < -0.4 is 0 Å². The van der Waals surface area contributed by atoms with Gasteiger partial charge in [-0.05, 0) is 24.5 Å². The van der Waals surface area contributed by atoms with Crippen LogP contribution in [0, 0.1) is 0 Å². The van der Waals surface area contributed by atoms with E-state index in [1.54, 1.807) is 0 Å². The molecule has 0 heterocycles. The smallest absolute Gasteiger partial charge is 0.307 e. The van der Waals surface area contributed by atoms with Gasteiger partial charge in [0, 0.05) is 0 Å². The Morgan fingerprint density at radius 3 is 2.41 bits per heavy atom. The van der Waals surface area contributed by atoms with Crippen molar-refractivity contribution in [1.82, 2.24) is 0 Å². The SMILES string of the molecule is CCCC(C)OCc1ccc(CC(=O)O)cc1. The van der Waals surface area contributed by atoms with E-state index in [0.29, 0.717) is 6.61 Å². The highest BCUT2D eigenvalue weighted by atomic mass is 16.5. The molecule has 1 unspecified atom stereocenters. The van der Waals surface area contributed by atoms with Gasteiger partial charge < -0.3 is 9.84 Å². The molecule has 0 aliphatic rings. The molecule has 0 aromatic heterocycles. The Balaban J connectivity index is 2.42. The molecule has 1 atom stereocenters. The number of carbonyl (C=O) groups is 1. The number of hydrogen-bond donors (Lipinski definition) is 1. The minimum Gasteiger partial charge on any atom is -0.481 e. The van der Waals surface area contributed by atoms with Crippen LogP contribution >= 0.6 is 0 Å². The Kier molecular flexibility index (Phi) is 5.70. The number of aliphatic carboxylic acids is 1. The zero-order valence-electron chi connectivity index (χ0n) is 10.5. The van der Waals surface area contributed by atoms with E-state index in [9.17, 15) is 4.79 Å². The molecule has 1 rings (SSSR count). The average Bonchev–Trinajstić information content (AvgIpc) is 2.28. The van der Waals surface area contributed by atoms with E-state index in [2.05, 4.69) is 13.8 Å². The van der Waals surface area contributed by atoms with Crippen LogP contribution in [0.15, 0.2) is 24.3 Å². The van der Waals surface area contributed by atoms with Crippen molar-refractivity contribution in [2.45, 2.75) is 45.8 Å². The van der Waals surface area contributed by atoms with Gasteiger partial charge in [-0.2, -0.15) is 0 Å². The summed E-state index contributed by atoms with van der Waals surface area (Å²) in [6.45, 7) is 4.80. The van der Waals surface area contributed by atoms with Gasteiger partial charge in [-0.1, -0.05) is 37.6 Å². The average molecular weight is 236 g/mol. The summed E-state index contributed by atoms with van der Waals surface area (Å²) in [5, 5.41) is 8.65. The molecule has 1 N–H and O–H groups in total. The number of benzene rings is 1. The minimum absolute atomic E-state index is 0.0768. The highest BCUT2D eigenvalue weighted by Gasteiger charge is 2.03. The summed E-state index contributed by atoms with van der Waals surface area (Å²) in [5.74, 6) is -0.800. The molecule has 0 fully saturated rings. The highest BCUT2D eigenvalue weighted by molar-refractivity contribution is 5.70. The van der Waals surface area contributed by atoms with E-state index in [1.807, 2.05) is 24.3 Å². The van der Waals surface area contributed by atoms with E-state index in [0.717, 1.165) is 24.0 Å². The van der Waals surface area contributed by atoms with Crippen molar-refractivity contribution >= 4 is 5.97 Å². The first-order valence-electron chi connectivity index (χ1n) is 6.03. The molecule has 0 spiro atoms. The molecule has 94 valence electrons. The maximum Gasteiger partial charge on any atom is 0.307 e. The number of rotatable bonds is 7. The molecule has 1 aromatic rings. The van der Waals surface area contributed by atoms with E-state index in [1.165, 1.54) is 0 Å². The van der Waals surface area contributed by atoms with Gasteiger partial charge >= 0.3 is 5.97 Å². The van der Waals surface area contributed by atoms with E-state index < -0.39 is 5.97 Å². The van der Waals surface area contributed by atoms with Gasteiger partial charge in [-0.3, -0.25) is 4.79 Å². The zero-order chi connectivity index (χ0) is 12.7. The van der Waals surface area contributed by atoms with Crippen LogP contribution in [0.5, 0.6) is 0 Å². The summed E-state index contributed by atoms with van der Waals surface area (Å²) in [4.78, 5) is 10.5. The Morgan fingerprint density at radius 2 is 1.88 bits per heavy atom. The summed E-state index contributed by atoms with van der Waals surface area (Å²) in [7, 11) is 0. The monoisotopic (exact) mass is 236 g/mol. The zero-order valence-corrected chi connectivity index (χ0v) is 10.5. The number of ether oxygens (including phenoxy) is 1. The topological polar surface area (TPSA) is 46.5 Å². The van der Waals surface area contributed by atoms with Crippen LogP contribution in [-0.4, -0.2) is 17.2 Å². The van der Waals surface area contributed by atoms with Crippen molar-refractivity contribution in [3.63, 3.8) is 0 Å². The highest BCUT2D eigenvalue weighted by Crippen LogP contribution is 2.09. The van der Waals surface area contributed by atoms with Crippen LogP contribution in [0.4, 0.5) is 0 Å². The first kappa shape index (κ1) is 13.7. The number of hydrogen-bond acceptors (Lipinski definition) is 2. The molecule has 0 saturated carbocycles. The molecule has 1 aromatic carbocycles. The lowest BCUT2D eigenvalue weighted by atomic mass is 10.1. The predicted molar refractivity (Wildman–Crippen MR) is 66.9 cm³/mol. The largest absolute Gasteiger partial charge is 0.481 e. The maximum atomic E-state index is 10.5. The molecule has 3 heteroatoms. The van der Waals surface area contributed by atoms with Gasteiger partial charge in [-0.15, -0.1) is 0 Å². The Hall–Kier alpha value is -1.35. The Bertz CT molecular complexity index is 343. The fraction of sp³-hybridized carbons (Fsp3) is 0.500. The number of carboxylic acids is 1. The van der Waals surface area contributed by atoms with E-state index in [-0.39, 0.29) is 12.5 Å². The second kappa shape index (κ2) is 7.07. The third kappa shape index (κ3) is 5.50. The first-order valence-corrected chi connectivity index (χ1v) is 6.03. The van der Waals surface area contributed by atoms with Gasteiger partial charge in [0.1, 0.15) is 0 Å². The molecule has 0 bridgehead atoms. The summed E-state index contributed by atoms with van der Waals surface area (Å²) in [6.07, 6.45) is 2.54. The van der Waals surface area contributed by atoms with Gasteiger partial charge in [0.25, 0.3) is 0 Å². The van der Waals surface area contributed by atoms with Crippen molar-refractivity contribution in [3.8, 4) is 0 Å². The minimum atomic E-state index is -0.800. The Labute approximate surface area is 102 Å². The summed E-state index contributed by atoms with van der Waals surface area (Å²) < 4.78 is 5.67. The molecule has 0 amide bonds. The first-order chi connectivity index (χ1) is 8.11. The quantitative estimate of drug-likeness (QED) is 0.791. The molecule has 0 radical (unpaired) electrons. The van der Waals surface area contributed by atoms with Crippen LogP contribution in [0.1, 0.15) is 37.8 Å². The molecular formula is C14H20O3. The maximum absolute atomic E-state index is 10.5. The summed E-state index contributed by atoms with van der Waals surface area (Å²) >= 11 is 0. The fourth-order valence-corrected chi connectivity index (χ4v) is 1.66. The third-order valence-corrected chi connectivity index (χ3v) is 2.61. The van der Waals surface area contributed by atoms with Crippen LogP contribution in [0.25, 0.3) is 0 Å². The predicted octanol–water partition coefficient (Wildman–Crippen LogP) is 3.02. The second-order valence-electron chi connectivity index (χ2n) is 4.30. The molecule has 0 aliphatic carbocycles. The lowest BCUT2D eigenvalue weighted by molar-refractivity contribution is -0.136. The molecule has 0 saturated heterocycles. The van der Waals surface area contributed by atoms with Crippen LogP contribution in [0.2, 0.25) is 0 Å². The van der Waals surface area contributed by atoms with Gasteiger partial charge in [0.15, 0.2) is 0 Å².